The van der Waals surface area contributed by atoms with Crippen LogP contribution >= 0.6 is 23.2 Å². The quantitative estimate of drug-likeness (QED) is 0.875. The molecule has 0 fully saturated rings. The molecular weight excluding hydrogens is 275 g/mol. The number of phenols is 1. The van der Waals surface area contributed by atoms with E-state index in [0.717, 1.165) is 0 Å². The molecule has 0 aliphatic heterocycles. The molecule has 1 aromatic carbocycles. The number of hydrogen-bond donors (Lipinski definition) is 2. The number of rotatable bonds is 5. The third-order valence-corrected chi connectivity index (χ3v) is 3.10. The number of nitrogens with zero attached hydrogens (tertiary/aromatic N) is 1. The fraction of sp³-hybridized carbons (Fsp3) is 0.417. The lowest BCUT2D eigenvalue weighted by molar-refractivity contribution is -0.121. The zero-order valence-electron chi connectivity index (χ0n) is 10.3. The minimum absolute atomic E-state index is 0.0106. The van der Waals surface area contributed by atoms with Crippen molar-refractivity contribution in [2.75, 3.05) is 20.1 Å². The third-order valence-electron chi connectivity index (χ3n) is 2.59. The van der Waals surface area contributed by atoms with Gasteiger partial charge in [0.25, 0.3) is 0 Å². The van der Waals surface area contributed by atoms with Crippen LogP contribution < -0.4 is 5.32 Å². The molecule has 6 heteroatoms. The number of carbonyl (C=O) groups excluding carboxylic acids is 1. The number of likely N-dealkylation sites (N-methyl/N-ethyl adjacent to an activating group) is 2. The van der Waals surface area contributed by atoms with E-state index in [2.05, 4.69) is 5.32 Å². The molecular formula is C12H16Cl2N2O2. The average molecular weight is 291 g/mol. The Kier molecular flexibility index (Phi) is 5.72. The van der Waals surface area contributed by atoms with Crippen LogP contribution in [0.2, 0.25) is 10.0 Å². The van der Waals surface area contributed by atoms with Gasteiger partial charge in [0.1, 0.15) is 5.75 Å². The highest BCUT2D eigenvalue weighted by Gasteiger charge is 2.13. The van der Waals surface area contributed by atoms with E-state index >= 15 is 0 Å². The zero-order chi connectivity index (χ0) is 13.7. The summed E-state index contributed by atoms with van der Waals surface area (Å²) in [6, 6.07) is 3.13. The number of carbonyl (C=O) groups is 1. The number of phenolic OH excluding ortho intramolecular Hbond substituents is 1. The monoisotopic (exact) mass is 290 g/mol. The van der Waals surface area contributed by atoms with Crippen molar-refractivity contribution < 1.29 is 9.90 Å². The van der Waals surface area contributed by atoms with Gasteiger partial charge in [-0.3, -0.25) is 9.69 Å². The van der Waals surface area contributed by atoms with E-state index in [-0.39, 0.29) is 23.2 Å². The summed E-state index contributed by atoms with van der Waals surface area (Å²) in [5.41, 5.74) is 0.609. The number of benzene rings is 1. The van der Waals surface area contributed by atoms with E-state index in [9.17, 15) is 9.90 Å². The molecule has 1 aromatic rings. The zero-order valence-corrected chi connectivity index (χ0v) is 11.8. The van der Waals surface area contributed by atoms with Crippen LogP contribution in [0.3, 0.4) is 0 Å². The van der Waals surface area contributed by atoms with E-state index in [0.29, 0.717) is 23.7 Å². The molecule has 18 heavy (non-hydrogen) atoms. The van der Waals surface area contributed by atoms with Gasteiger partial charge in [0.15, 0.2) is 0 Å². The van der Waals surface area contributed by atoms with E-state index in [1.54, 1.807) is 13.1 Å². The highest BCUT2D eigenvalue weighted by molar-refractivity contribution is 6.35. The Balaban J connectivity index is 2.84. The largest absolute Gasteiger partial charge is 0.506 e. The summed E-state index contributed by atoms with van der Waals surface area (Å²) in [5, 5.41) is 13.1. The molecule has 0 unspecified atom stereocenters. The van der Waals surface area contributed by atoms with E-state index in [1.807, 2.05) is 11.8 Å². The number of aromatic hydroxyl groups is 1. The molecule has 1 amide bonds. The van der Waals surface area contributed by atoms with Crippen molar-refractivity contribution in [2.24, 2.45) is 0 Å². The van der Waals surface area contributed by atoms with Gasteiger partial charge in [0.2, 0.25) is 5.91 Å². The molecule has 0 aliphatic rings. The van der Waals surface area contributed by atoms with Crippen LogP contribution in [0.5, 0.6) is 5.75 Å². The lowest BCUT2D eigenvalue weighted by atomic mass is 10.2. The second kappa shape index (κ2) is 6.83. The van der Waals surface area contributed by atoms with Gasteiger partial charge in [-0.15, -0.1) is 0 Å². The number of hydrogen-bond acceptors (Lipinski definition) is 3. The van der Waals surface area contributed by atoms with Crippen molar-refractivity contribution in [2.45, 2.75) is 13.5 Å². The Morgan fingerprint density at radius 3 is 2.67 bits per heavy atom. The molecule has 0 heterocycles. The highest BCUT2D eigenvalue weighted by Crippen LogP contribution is 2.31. The minimum Gasteiger partial charge on any atom is -0.506 e. The summed E-state index contributed by atoms with van der Waals surface area (Å²) in [6.45, 7) is 3.29. The summed E-state index contributed by atoms with van der Waals surface area (Å²) in [4.78, 5) is 13.2. The molecule has 0 radical (unpaired) electrons. The molecule has 0 bridgehead atoms. The van der Waals surface area contributed by atoms with E-state index in [1.165, 1.54) is 6.07 Å². The molecule has 4 nitrogen and oxygen atoms in total. The number of nitrogens with one attached hydrogen (secondary N) is 1. The molecule has 100 valence electrons. The highest BCUT2D eigenvalue weighted by atomic mass is 35.5. The summed E-state index contributed by atoms with van der Waals surface area (Å²) < 4.78 is 0. The summed E-state index contributed by atoms with van der Waals surface area (Å²) in [6.07, 6.45) is 0. The van der Waals surface area contributed by atoms with E-state index in [4.69, 9.17) is 23.2 Å². The molecule has 2 N–H and O–H groups in total. The molecule has 0 saturated heterocycles. The van der Waals surface area contributed by atoms with Crippen LogP contribution in [0.1, 0.15) is 12.5 Å². The van der Waals surface area contributed by atoms with Crippen molar-refractivity contribution in [1.82, 2.24) is 10.2 Å². The van der Waals surface area contributed by atoms with Crippen molar-refractivity contribution in [3.63, 3.8) is 0 Å². The molecule has 0 atom stereocenters. The standard InChI is InChI=1S/C12H16Cl2N2O2/c1-3-16(7-11(17)15-2)6-8-4-9(13)5-10(14)12(8)18/h4-5,18H,3,6-7H2,1-2H3,(H,15,17). The van der Waals surface area contributed by atoms with Gasteiger partial charge in [0.05, 0.1) is 11.6 Å². The van der Waals surface area contributed by atoms with Gasteiger partial charge in [-0.25, -0.2) is 0 Å². The van der Waals surface area contributed by atoms with Crippen LogP contribution in [0, 0.1) is 0 Å². The maximum Gasteiger partial charge on any atom is 0.233 e. The summed E-state index contributed by atoms with van der Waals surface area (Å²) in [7, 11) is 1.59. The summed E-state index contributed by atoms with van der Waals surface area (Å²) >= 11 is 11.7. The van der Waals surface area contributed by atoms with E-state index < -0.39 is 0 Å². The van der Waals surface area contributed by atoms with Crippen LogP contribution in [0.25, 0.3) is 0 Å². The van der Waals surface area contributed by atoms with Gasteiger partial charge in [0, 0.05) is 24.2 Å². The first-order chi connectivity index (χ1) is 8.47. The van der Waals surface area contributed by atoms with Gasteiger partial charge < -0.3 is 10.4 Å². The fourth-order valence-electron chi connectivity index (χ4n) is 1.54. The first-order valence-electron chi connectivity index (χ1n) is 5.57. The Labute approximate surface area is 116 Å². The Bertz CT molecular complexity index is 438. The second-order valence-corrected chi connectivity index (χ2v) is 4.72. The van der Waals surface area contributed by atoms with Gasteiger partial charge in [-0.1, -0.05) is 30.1 Å². The van der Waals surface area contributed by atoms with Gasteiger partial charge in [-0.05, 0) is 18.7 Å². The number of halogens is 2. The predicted octanol–water partition coefficient (Wildman–Crippen LogP) is 2.27. The molecule has 0 aliphatic carbocycles. The van der Waals surface area contributed by atoms with Crippen molar-refractivity contribution in [3.8, 4) is 5.75 Å². The third kappa shape index (κ3) is 4.05. The van der Waals surface area contributed by atoms with Crippen molar-refractivity contribution in [1.29, 1.82) is 0 Å². The van der Waals surface area contributed by atoms with Gasteiger partial charge >= 0.3 is 0 Å². The molecule has 0 saturated carbocycles. The second-order valence-electron chi connectivity index (χ2n) is 3.87. The first kappa shape index (κ1) is 15.1. The fourth-order valence-corrected chi connectivity index (χ4v) is 2.08. The summed E-state index contributed by atoms with van der Waals surface area (Å²) in [5.74, 6) is -0.0686. The number of amides is 1. The van der Waals surface area contributed by atoms with Crippen LogP contribution in [-0.4, -0.2) is 36.1 Å². The molecule has 0 spiro atoms. The molecule has 1 rings (SSSR count). The Morgan fingerprint density at radius 2 is 2.11 bits per heavy atom. The topological polar surface area (TPSA) is 52.6 Å². The maximum absolute atomic E-state index is 11.3. The Morgan fingerprint density at radius 1 is 1.44 bits per heavy atom. The predicted molar refractivity (Wildman–Crippen MR) is 73.1 cm³/mol. The van der Waals surface area contributed by atoms with Crippen molar-refractivity contribution >= 4 is 29.1 Å². The minimum atomic E-state index is -0.0792. The van der Waals surface area contributed by atoms with Crippen LogP contribution in [0.15, 0.2) is 12.1 Å². The van der Waals surface area contributed by atoms with Crippen LogP contribution in [-0.2, 0) is 11.3 Å². The smallest absolute Gasteiger partial charge is 0.233 e. The maximum atomic E-state index is 11.3. The van der Waals surface area contributed by atoms with Gasteiger partial charge in [-0.2, -0.15) is 0 Å². The van der Waals surface area contributed by atoms with Crippen molar-refractivity contribution in [3.05, 3.63) is 27.7 Å². The normalized spacial score (nSPS) is 10.7. The lowest BCUT2D eigenvalue weighted by Crippen LogP contribution is -2.35. The SMILES string of the molecule is CCN(CC(=O)NC)Cc1cc(Cl)cc(Cl)c1O. The average Bonchev–Trinajstić information content (AvgIpc) is 2.34. The first-order valence-corrected chi connectivity index (χ1v) is 6.33. The van der Waals surface area contributed by atoms with Crippen LogP contribution in [0.4, 0.5) is 0 Å². The lowest BCUT2D eigenvalue weighted by Gasteiger charge is -2.20. The molecule has 0 aromatic heterocycles. The Hall–Kier alpha value is -0.970.